The smallest absolute Gasteiger partial charge is 0.0660 e. The summed E-state index contributed by atoms with van der Waals surface area (Å²) in [5.41, 5.74) is 4.55. The first-order valence-corrected chi connectivity index (χ1v) is 7.11. The highest BCUT2D eigenvalue weighted by Gasteiger charge is 2.04. The van der Waals surface area contributed by atoms with Gasteiger partial charge in [-0.05, 0) is 36.1 Å². The molecule has 2 aromatic rings. The summed E-state index contributed by atoms with van der Waals surface area (Å²) in [6.45, 7) is 10.1. The topological polar surface area (TPSA) is 12.4 Å². The first kappa shape index (κ1) is 15.9. The molecule has 0 saturated heterocycles. The second kappa shape index (κ2) is 8.87. The molecule has 0 unspecified atom stereocenters. The molecule has 104 valence electrons. The molecule has 0 fully saturated rings. The summed E-state index contributed by atoms with van der Waals surface area (Å²) >= 11 is 0. The summed E-state index contributed by atoms with van der Waals surface area (Å²) in [5, 5.41) is 0. The van der Waals surface area contributed by atoms with Crippen LogP contribution in [0.3, 0.4) is 0 Å². The SMILES string of the molecule is C=C(Cc1ccccc1N=CC)c1ccccc1.CC. The highest BCUT2D eigenvalue weighted by molar-refractivity contribution is 5.69. The van der Waals surface area contributed by atoms with E-state index in [1.54, 1.807) is 0 Å². The van der Waals surface area contributed by atoms with Crippen LogP contribution in [0.1, 0.15) is 31.9 Å². The van der Waals surface area contributed by atoms with Gasteiger partial charge in [0.1, 0.15) is 0 Å². The van der Waals surface area contributed by atoms with Crippen molar-refractivity contribution < 1.29 is 0 Å². The Hall–Kier alpha value is -2.15. The molecule has 2 rings (SSSR count). The van der Waals surface area contributed by atoms with Crippen LogP contribution in [0.25, 0.3) is 5.57 Å². The Kier molecular flexibility index (Phi) is 7.05. The highest BCUT2D eigenvalue weighted by atomic mass is 14.7. The van der Waals surface area contributed by atoms with E-state index in [0.717, 1.165) is 17.7 Å². The average Bonchev–Trinajstić information content (AvgIpc) is 2.52. The number of para-hydroxylation sites is 1. The zero-order chi connectivity index (χ0) is 14.8. The Morgan fingerprint density at radius 2 is 1.60 bits per heavy atom. The fourth-order valence-corrected chi connectivity index (χ4v) is 1.93. The van der Waals surface area contributed by atoms with Crippen molar-refractivity contribution >= 4 is 17.5 Å². The lowest BCUT2D eigenvalue weighted by molar-refractivity contribution is 1.27. The zero-order valence-corrected chi connectivity index (χ0v) is 12.6. The van der Waals surface area contributed by atoms with Crippen LogP contribution >= 0.6 is 0 Å². The highest BCUT2D eigenvalue weighted by Crippen LogP contribution is 2.24. The Bertz CT molecular complexity index is 553. The molecule has 0 spiro atoms. The molecule has 2 aromatic carbocycles. The quantitative estimate of drug-likeness (QED) is 0.630. The van der Waals surface area contributed by atoms with Gasteiger partial charge in [0.2, 0.25) is 0 Å². The molecule has 0 saturated carbocycles. The van der Waals surface area contributed by atoms with Gasteiger partial charge >= 0.3 is 0 Å². The lowest BCUT2D eigenvalue weighted by atomic mass is 9.99. The fraction of sp³-hybridized carbons (Fsp3) is 0.211. The largest absolute Gasteiger partial charge is 0.261 e. The van der Waals surface area contributed by atoms with Crippen LogP contribution in [0.5, 0.6) is 0 Å². The molecular weight excluding hydrogens is 242 g/mol. The Morgan fingerprint density at radius 3 is 2.25 bits per heavy atom. The average molecular weight is 265 g/mol. The van der Waals surface area contributed by atoms with E-state index in [1.165, 1.54) is 11.1 Å². The van der Waals surface area contributed by atoms with Gasteiger partial charge in [0.05, 0.1) is 5.69 Å². The number of allylic oxidation sites excluding steroid dienone is 1. The molecule has 0 heterocycles. The maximum atomic E-state index is 4.39. The predicted octanol–water partition coefficient (Wildman–Crippen LogP) is 5.69. The third kappa shape index (κ3) is 4.51. The molecule has 0 radical (unpaired) electrons. The monoisotopic (exact) mass is 265 g/mol. The van der Waals surface area contributed by atoms with Crippen molar-refractivity contribution in [3.63, 3.8) is 0 Å². The van der Waals surface area contributed by atoms with E-state index < -0.39 is 0 Å². The van der Waals surface area contributed by atoms with Crippen LogP contribution < -0.4 is 0 Å². The molecule has 0 bridgehead atoms. The molecule has 1 nitrogen and oxygen atoms in total. The van der Waals surface area contributed by atoms with Gasteiger partial charge in [-0.25, -0.2) is 0 Å². The zero-order valence-electron chi connectivity index (χ0n) is 12.6. The van der Waals surface area contributed by atoms with Gasteiger partial charge in [0, 0.05) is 6.21 Å². The summed E-state index contributed by atoms with van der Waals surface area (Å²) < 4.78 is 0. The van der Waals surface area contributed by atoms with Crippen LogP contribution in [-0.2, 0) is 6.42 Å². The van der Waals surface area contributed by atoms with Crippen molar-refractivity contribution in [1.82, 2.24) is 0 Å². The van der Waals surface area contributed by atoms with E-state index in [9.17, 15) is 0 Å². The van der Waals surface area contributed by atoms with E-state index >= 15 is 0 Å². The summed E-state index contributed by atoms with van der Waals surface area (Å²) in [4.78, 5) is 4.39. The molecule has 20 heavy (non-hydrogen) atoms. The minimum atomic E-state index is 0.831. The number of hydrogen-bond donors (Lipinski definition) is 0. The van der Waals surface area contributed by atoms with Gasteiger partial charge in [0.15, 0.2) is 0 Å². The Balaban J connectivity index is 0.000000956. The van der Waals surface area contributed by atoms with E-state index in [-0.39, 0.29) is 0 Å². The van der Waals surface area contributed by atoms with E-state index in [0.29, 0.717) is 0 Å². The standard InChI is InChI=1S/C17H17N.C2H6/c1-3-18-17-12-8-7-11-16(17)13-14(2)15-9-5-4-6-10-15;1-2/h3-12H,2,13H2,1H3;1-2H3. The van der Waals surface area contributed by atoms with Gasteiger partial charge in [-0.3, -0.25) is 4.99 Å². The molecule has 0 aromatic heterocycles. The van der Waals surface area contributed by atoms with Crippen LogP contribution in [0.4, 0.5) is 5.69 Å². The summed E-state index contributed by atoms with van der Waals surface area (Å²) in [6, 6.07) is 18.5. The van der Waals surface area contributed by atoms with E-state index in [2.05, 4.69) is 29.8 Å². The number of hydrogen-bond acceptors (Lipinski definition) is 1. The van der Waals surface area contributed by atoms with Crippen LogP contribution in [-0.4, -0.2) is 6.21 Å². The summed E-state index contributed by atoms with van der Waals surface area (Å²) in [7, 11) is 0. The molecule has 0 atom stereocenters. The normalized spacial score (nSPS) is 9.95. The minimum Gasteiger partial charge on any atom is -0.261 e. The van der Waals surface area contributed by atoms with Gasteiger partial charge < -0.3 is 0 Å². The van der Waals surface area contributed by atoms with Gasteiger partial charge in [-0.15, -0.1) is 0 Å². The lowest BCUT2D eigenvalue weighted by Gasteiger charge is -2.08. The third-order valence-corrected chi connectivity index (χ3v) is 2.85. The van der Waals surface area contributed by atoms with Crippen molar-refractivity contribution in [3.8, 4) is 0 Å². The second-order valence-corrected chi connectivity index (χ2v) is 4.16. The molecule has 0 aliphatic heterocycles. The molecular formula is C19H23N. The van der Waals surface area contributed by atoms with Crippen LogP contribution in [0.2, 0.25) is 0 Å². The Morgan fingerprint density at radius 1 is 1.00 bits per heavy atom. The van der Waals surface area contributed by atoms with Crippen molar-refractivity contribution in [2.24, 2.45) is 4.99 Å². The third-order valence-electron chi connectivity index (χ3n) is 2.85. The Labute approximate surface area is 122 Å². The van der Waals surface area contributed by atoms with Crippen molar-refractivity contribution in [1.29, 1.82) is 0 Å². The van der Waals surface area contributed by atoms with Gasteiger partial charge in [-0.1, -0.05) is 69.0 Å². The van der Waals surface area contributed by atoms with Crippen molar-refractivity contribution in [2.45, 2.75) is 27.2 Å². The van der Waals surface area contributed by atoms with E-state index in [1.807, 2.05) is 63.4 Å². The summed E-state index contributed by atoms with van der Waals surface area (Å²) in [6.07, 6.45) is 2.65. The maximum Gasteiger partial charge on any atom is 0.0660 e. The van der Waals surface area contributed by atoms with Crippen LogP contribution in [0.15, 0.2) is 66.2 Å². The summed E-state index contributed by atoms with van der Waals surface area (Å²) in [5.74, 6) is 0. The van der Waals surface area contributed by atoms with E-state index in [4.69, 9.17) is 0 Å². The molecule has 0 N–H and O–H groups in total. The molecule has 0 aliphatic carbocycles. The number of nitrogens with zero attached hydrogens (tertiary/aromatic N) is 1. The van der Waals surface area contributed by atoms with Crippen molar-refractivity contribution in [3.05, 3.63) is 72.3 Å². The maximum absolute atomic E-state index is 4.39. The lowest BCUT2D eigenvalue weighted by Crippen LogP contribution is -1.90. The number of aliphatic imine (C=N–C) groups is 1. The molecule has 1 heteroatoms. The van der Waals surface area contributed by atoms with Crippen LogP contribution in [0, 0.1) is 0 Å². The fourth-order valence-electron chi connectivity index (χ4n) is 1.93. The first-order valence-electron chi connectivity index (χ1n) is 7.11. The van der Waals surface area contributed by atoms with Gasteiger partial charge in [0.25, 0.3) is 0 Å². The van der Waals surface area contributed by atoms with Crippen molar-refractivity contribution in [2.75, 3.05) is 0 Å². The number of benzene rings is 2. The minimum absolute atomic E-state index is 0.831. The number of rotatable bonds is 4. The second-order valence-electron chi connectivity index (χ2n) is 4.16. The first-order chi connectivity index (χ1) is 9.81. The van der Waals surface area contributed by atoms with Gasteiger partial charge in [-0.2, -0.15) is 0 Å². The predicted molar refractivity (Wildman–Crippen MR) is 90.8 cm³/mol. The molecule has 0 amide bonds. The molecule has 0 aliphatic rings.